The first-order valence-corrected chi connectivity index (χ1v) is 5.60. The number of rotatable bonds is 5. The molecular formula is C14H14N2O3. The Labute approximate surface area is 112 Å². The zero-order valence-electron chi connectivity index (χ0n) is 11.1. The third-order valence-corrected chi connectivity index (χ3v) is 2.32. The lowest BCUT2D eigenvalue weighted by atomic mass is 10.1. The Bertz CT molecular complexity index is 524. The molecule has 1 rings (SSSR count). The van der Waals surface area contributed by atoms with Crippen LogP contribution in [0.4, 0.5) is 0 Å². The summed E-state index contributed by atoms with van der Waals surface area (Å²) in [7, 11) is 3.03. The van der Waals surface area contributed by atoms with Crippen LogP contribution in [0.1, 0.15) is 12.5 Å². The summed E-state index contributed by atoms with van der Waals surface area (Å²) in [6, 6.07) is 6.97. The average molecular weight is 258 g/mol. The number of allylic oxidation sites excluding steroid dienone is 1. The van der Waals surface area contributed by atoms with Gasteiger partial charge in [0.2, 0.25) is 5.75 Å². The van der Waals surface area contributed by atoms with Crippen LogP contribution in [0.5, 0.6) is 17.2 Å². The normalized spacial score (nSPS) is 8.89. The van der Waals surface area contributed by atoms with Crippen LogP contribution in [-0.4, -0.2) is 20.8 Å². The van der Waals surface area contributed by atoms with Gasteiger partial charge in [-0.1, -0.05) is 0 Å². The highest BCUT2D eigenvalue weighted by atomic mass is 16.5. The molecule has 0 N–H and O–H groups in total. The smallest absolute Gasteiger partial charge is 0.203 e. The number of nitrogens with zero attached hydrogens (tertiary/aromatic N) is 2. The van der Waals surface area contributed by atoms with Gasteiger partial charge in [0.25, 0.3) is 0 Å². The number of ether oxygens (including phenoxy) is 3. The molecule has 0 aliphatic carbocycles. The fourth-order valence-electron chi connectivity index (χ4n) is 1.53. The summed E-state index contributed by atoms with van der Waals surface area (Å²) in [5.41, 5.74) is 0.642. The van der Waals surface area contributed by atoms with E-state index in [9.17, 15) is 0 Å². The van der Waals surface area contributed by atoms with Gasteiger partial charge < -0.3 is 14.2 Å². The molecule has 5 heteroatoms. The third-order valence-electron chi connectivity index (χ3n) is 2.32. The van der Waals surface area contributed by atoms with Gasteiger partial charge >= 0.3 is 0 Å². The van der Waals surface area contributed by atoms with Crippen molar-refractivity contribution in [3.8, 4) is 29.4 Å². The first kappa shape index (κ1) is 14.4. The Kier molecular flexibility index (Phi) is 5.25. The second-order valence-corrected chi connectivity index (χ2v) is 3.47. The van der Waals surface area contributed by atoms with E-state index in [1.165, 1.54) is 20.3 Å². The van der Waals surface area contributed by atoms with Crippen LogP contribution in [0.15, 0.2) is 17.7 Å². The van der Waals surface area contributed by atoms with Gasteiger partial charge in [0.05, 0.1) is 20.8 Å². The molecular weight excluding hydrogens is 244 g/mol. The lowest BCUT2D eigenvalue weighted by molar-refractivity contribution is 0.288. The minimum absolute atomic E-state index is 0.00765. The standard InChI is InChI=1S/C14H14N2O3/c1-4-19-14-12(17-2)6-10(7-13(14)18-3)5-11(8-15)9-16/h5-7H,4H2,1-3H3. The predicted octanol–water partition coefficient (Wildman–Crippen LogP) is 2.53. The lowest BCUT2D eigenvalue weighted by Crippen LogP contribution is -1.99. The van der Waals surface area contributed by atoms with Crippen molar-refractivity contribution in [2.24, 2.45) is 0 Å². The highest BCUT2D eigenvalue weighted by Crippen LogP contribution is 2.39. The average Bonchev–Trinajstić information content (AvgIpc) is 2.45. The number of methoxy groups -OCH3 is 2. The molecule has 0 aliphatic rings. The molecule has 0 heterocycles. The molecule has 0 saturated heterocycles. The Morgan fingerprint density at radius 3 is 2.05 bits per heavy atom. The summed E-state index contributed by atoms with van der Waals surface area (Å²) in [6.45, 7) is 2.33. The highest BCUT2D eigenvalue weighted by molar-refractivity contribution is 5.67. The van der Waals surface area contributed by atoms with Gasteiger partial charge in [-0.25, -0.2) is 0 Å². The van der Waals surface area contributed by atoms with Crippen molar-refractivity contribution in [1.82, 2.24) is 0 Å². The maximum atomic E-state index is 8.75. The van der Waals surface area contributed by atoms with E-state index in [4.69, 9.17) is 24.7 Å². The van der Waals surface area contributed by atoms with Gasteiger partial charge in [-0.05, 0) is 30.7 Å². The molecule has 0 atom stereocenters. The minimum atomic E-state index is 0.00765. The van der Waals surface area contributed by atoms with Gasteiger partial charge in [-0.3, -0.25) is 0 Å². The summed E-state index contributed by atoms with van der Waals surface area (Å²) in [5, 5.41) is 17.5. The fraction of sp³-hybridized carbons (Fsp3) is 0.286. The van der Waals surface area contributed by atoms with Gasteiger partial charge in [0.1, 0.15) is 17.7 Å². The SMILES string of the molecule is CCOc1c(OC)cc(C=C(C#N)C#N)cc1OC. The van der Waals surface area contributed by atoms with Crippen LogP contribution in [0, 0.1) is 22.7 Å². The summed E-state index contributed by atoms with van der Waals surface area (Å²) in [4.78, 5) is 0. The minimum Gasteiger partial charge on any atom is -0.493 e. The molecule has 0 fully saturated rings. The molecule has 0 radical (unpaired) electrons. The molecule has 0 saturated carbocycles. The zero-order valence-corrected chi connectivity index (χ0v) is 11.1. The van der Waals surface area contributed by atoms with Crippen LogP contribution in [-0.2, 0) is 0 Å². The predicted molar refractivity (Wildman–Crippen MR) is 69.9 cm³/mol. The van der Waals surface area contributed by atoms with E-state index in [1.807, 2.05) is 6.92 Å². The van der Waals surface area contributed by atoms with Crippen molar-refractivity contribution in [3.63, 3.8) is 0 Å². The van der Waals surface area contributed by atoms with Crippen LogP contribution in [0.2, 0.25) is 0 Å². The Hall–Kier alpha value is -2.66. The Balaban J connectivity index is 3.36. The second-order valence-electron chi connectivity index (χ2n) is 3.47. The van der Waals surface area contributed by atoms with E-state index >= 15 is 0 Å². The van der Waals surface area contributed by atoms with Crippen molar-refractivity contribution in [2.75, 3.05) is 20.8 Å². The van der Waals surface area contributed by atoms with E-state index < -0.39 is 0 Å². The van der Waals surface area contributed by atoms with Gasteiger partial charge in [0.15, 0.2) is 11.5 Å². The number of hydrogen-bond donors (Lipinski definition) is 0. The van der Waals surface area contributed by atoms with Crippen LogP contribution in [0.3, 0.4) is 0 Å². The van der Waals surface area contributed by atoms with Crippen molar-refractivity contribution < 1.29 is 14.2 Å². The fourth-order valence-corrected chi connectivity index (χ4v) is 1.53. The van der Waals surface area contributed by atoms with Crippen molar-refractivity contribution in [2.45, 2.75) is 6.92 Å². The van der Waals surface area contributed by atoms with Gasteiger partial charge in [0, 0.05) is 0 Å². The topological polar surface area (TPSA) is 75.3 Å². The number of nitriles is 2. The molecule has 98 valence electrons. The van der Waals surface area contributed by atoms with Crippen molar-refractivity contribution in [3.05, 3.63) is 23.3 Å². The summed E-state index contributed by atoms with van der Waals surface area (Å²) >= 11 is 0. The van der Waals surface area contributed by atoms with Gasteiger partial charge in [-0.15, -0.1) is 0 Å². The Morgan fingerprint density at radius 2 is 1.68 bits per heavy atom. The molecule has 0 amide bonds. The van der Waals surface area contributed by atoms with Crippen molar-refractivity contribution >= 4 is 6.08 Å². The molecule has 0 bridgehead atoms. The van der Waals surface area contributed by atoms with Crippen molar-refractivity contribution in [1.29, 1.82) is 10.5 Å². The first-order valence-electron chi connectivity index (χ1n) is 5.60. The van der Waals surface area contributed by atoms with E-state index in [-0.39, 0.29) is 5.57 Å². The molecule has 0 spiro atoms. The maximum Gasteiger partial charge on any atom is 0.203 e. The number of benzene rings is 1. The quantitative estimate of drug-likeness (QED) is 0.758. The molecule has 1 aromatic carbocycles. The second kappa shape index (κ2) is 6.93. The van der Waals surface area contributed by atoms with E-state index in [0.29, 0.717) is 29.4 Å². The summed E-state index contributed by atoms with van der Waals surface area (Å²) in [6.07, 6.45) is 1.46. The van der Waals surface area contributed by atoms with Crippen LogP contribution < -0.4 is 14.2 Å². The largest absolute Gasteiger partial charge is 0.493 e. The molecule has 0 unspecified atom stereocenters. The number of hydrogen-bond acceptors (Lipinski definition) is 5. The zero-order chi connectivity index (χ0) is 14.3. The lowest BCUT2D eigenvalue weighted by Gasteiger charge is -2.14. The highest BCUT2D eigenvalue weighted by Gasteiger charge is 2.13. The molecule has 0 aromatic heterocycles. The summed E-state index contributed by atoms with van der Waals surface area (Å²) in [5.74, 6) is 1.48. The van der Waals surface area contributed by atoms with Crippen LogP contribution >= 0.6 is 0 Å². The monoisotopic (exact) mass is 258 g/mol. The van der Waals surface area contributed by atoms with E-state index in [1.54, 1.807) is 24.3 Å². The maximum absolute atomic E-state index is 8.75. The first-order chi connectivity index (χ1) is 9.19. The third kappa shape index (κ3) is 3.40. The van der Waals surface area contributed by atoms with E-state index in [0.717, 1.165) is 0 Å². The molecule has 19 heavy (non-hydrogen) atoms. The molecule has 5 nitrogen and oxygen atoms in total. The Morgan fingerprint density at radius 1 is 1.16 bits per heavy atom. The molecule has 1 aromatic rings. The van der Waals surface area contributed by atoms with Crippen LogP contribution in [0.25, 0.3) is 6.08 Å². The molecule has 0 aliphatic heterocycles. The summed E-state index contributed by atoms with van der Waals surface area (Å²) < 4.78 is 15.9. The van der Waals surface area contributed by atoms with Gasteiger partial charge in [-0.2, -0.15) is 10.5 Å². The van der Waals surface area contributed by atoms with E-state index in [2.05, 4.69) is 0 Å².